The van der Waals surface area contributed by atoms with Gasteiger partial charge in [-0.15, -0.1) is 0 Å². The molecule has 0 bridgehead atoms. The van der Waals surface area contributed by atoms with E-state index in [0.717, 1.165) is 24.2 Å². The van der Waals surface area contributed by atoms with E-state index in [9.17, 15) is 13.2 Å². The van der Waals surface area contributed by atoms with E-state index in [1.165, 1.54) is 0 Å². The summed E-state index contributed by atoms with van der Waals surface area (Å²) in [4.78, 5) is 14.5. The molecule has 23 heavy (non-hydrogen) atoms. The lowest BCUT2D eigenvalue weighted by Crippen LogP contribution is -2.42. The summed E-state index contributed by atoms with van der Waals surface area (Å²) in [6, 6.07) is 7.86. The molecule has 1 amide bonds. The first-order valence-electron chi connectivity index (χ1n) is 8.13. The molecular weight excluding hydrogens is 314 g/mol. The Morgan fingerprint density at radius 2 is 2.04 bits per heavy atom. The van der Waals surface area contributed by atoms with Crippen LogP contribution in [-0.4, -0.2) is 49.9 Å². The van der Waals surface area contributed by atoms with E-state index in [1.807, 2.05) is 29.2 Å². The Kier molecular flexibility index (Phi) is 4.62. The molecule has 0 N–H and O–H groups in total. The predicted molar refractivity (Wildman–Crippen MR) is 88.2 cm³/mol. The van der Waals surface area contributed by atoms with E-state index in [-0.39, 0.29) is 29.5 Å². The third-order valence-corrected chi connectivity index (χ3v) is 6.34. The molecule has 5 nitrogen and oxygen atoms in total. The van der Waals surface area contributed by atoms with Crippen molar-refractivity contribution in [1.29, 1.82) is 0 Å². The van der Waals surface area contributed by atoms with Crippen LogP contribution in [0, 0.1) is 0 Å². The third-order valence-electron chi connectivity index (χ3n) is 4.59. The molecule has 1 aliphatic heterocycles. The van der Waals surface area contributed by atoms with Crippen LogP contribution in [0.4, 0.5) is 0 Å². The zero-order valence-corrected chi connectivity index (χ0v) is 14.2. The first-order chi connectivity index (χ1) is 11.0. The van der Waals surface area contributed by atoms with Gasteiger partial charge in [-0.1, -0.05) is 12.1 Å². The van der Waals surface area contributed by atoms with E-state index in [1.54, 1.807) is 7.11 Å². The van der Waals surface area contributed by atoms with Crippen molar-refractivity contribution in [3.63, 3.8) is 0 Å². The monoisotopic (exact) mass is 337 g/mol. The van der Waals surface area contributed by atoms with Crippen molar-refractivity contribution in [1.82, 2.24) is 4.90 Å². The van der Waals surface area contributed by atoms with Gasteiger partial charge in [-0.2, -0.15) is 0 Å². The molecule has 0 aromatic heterocycles. The molecule has 3 rings (SSSR count). The van der Waals surface area contributed by atoms with E-state index < -0.39 is 9.84 Å². The normalized spacial score (nSPS) is 22.7. The maximum Gasteiger partial charge on any atom is 0.223 e. The third kappa shape index (κ3) is 4.05. The molecule has 1 saturated heterocycles. The maximum atomic E-state index is 12.7. The second-order valence-electron chi connectivity index (χ2n) is 6.44. The van der Waals surface area contributed by atoms with Gasteiger partial charge in [0.05, 0.1) is 18.6 Å². The maximum absolute atomic E-state index is 12.7. The van der Waals surface area contributed by atoms with Crippen LogP contribution in [-0.2, 0) is 21.1 Å². The number of hydrogen-bond donors (Lipinski definition) is 0. The zero-order valence-electron chi connectivity index (χ0n) is 13.4. The highest BCUT2D eigenvalue weighted by Gasteiger charge is 2.41. The minimum Gasteiger partial charge on any atom is -0.497 e. The molecule has 1 atom stereocenters. The molecule has 126 valence electrons. The van der Waals surface area contributed by atoms with Gasteiger partial charge in [0, 0.05) is 18.5 Å². The van der Waals surface area contributed by atoms with Crippen molar-refractivity contribution in [2.75, 3.05) is 18.6 Å². The molecule has 1 unspecified atom stereocenters. The van der Waals surface area contributed by atoms with Gasteiger partial charge >= 0.3 is 0 Å². The molecule has 6 heteroatoms. The highest BCUT2D eigenvalue weighted by atomic mass is 32.2. The topological polar surface area (TPSA) is 63.7 Å². The summed E-state index contributed by atoms with van der Waals surface area (Å²) in [7, 11) is -1.34. The minimum absolute atomic E-state index is 0.0809. The van der Waals surface area contributed by atoms with Crippen LogP contribution >= 0.6 is 0 Å². The van der Waals surface area contributed by atoms with Crippen LogP contribution in [0.3, 0.4) is 0 Å². The fourth-order valence-electron chi connectivity index (χ4n) is 3.26. The second-order valence-corrected chi connectivity index (χ2v) is 8.67. The first-order valence-corrected chi connectivity index (χ1v) is 9.95. The summed E-state index contributed by atoms with van der Waals surface area (Å²) in [5.74, 6) is 1.21. The number of ether oxygens (including phenoxy) is 1. The van der Waals surface area contributed by atoms with Crippen molar-refractivity contribution in [2.24, 2.45) is 0 Å². The minimum atomic E-state index is -2.97. The second kappa shape index (κ2) is 6.51. The number of rotatable bonds is 6. The predicted octanol–water partition coefficient (Wildman–Crippen LogP) is 1.81. The van der Waals surface area contributed by atoms with Crippen LogP contribution in [0.5, 0.6) is 5.75 Å². The smallest absolute Gasteiger partial charge is 0.223 e. The number of sulfone groups is 1. The number of benzene rings is 1. The first kappa shape index (κ1) is 16.3. The molecule has 1 heterocycles. The summed E-state index contributed by atoms with van der Waals surface area (Å²) in [6.07, 6.45) is 3.66. The number of methoxy groups -OCH3 is 1. The summed E-state index contributed by atoms with van der Waals surface area (Å²) < 4.78 is 28.6. The van der Waals surface area contributed by atoms with Gasteiger partial charge in [0.1, 0.15) is 5.75 Å². The number of hydrogen-bond acceptors (Lipinski definition) is 4. The van der Waals surface area contributed by atoms with Gasteiger partial charge in [0.25, 0.3) is 0 Å². The average molecular weight is 337 g/mol. The SMILES string of the molecule is COc1cccc(CCC(=O)N(C2CC2)C2CCS(=O)(=O)C2)c1. The zero-order chi connectivity index (χ0) is 16.4. The van der Waals surface area contributed by atoms with Crippen molar-refractivity contribution >= 4 is 15.7 Å². The van der Waals surface area contributed by atoms with Crippen molar-refractivity contribution in [2.45, 2.75) is 44.2 Å². The van der Waals surface area contributed by atoms with Crippen LogP contribution in [0.2, 0.25) is 0 Å². The lowest BCUT2D eigenvalue weighted by atomic mass is 10.1. The van der Waals surface area contributed by atoms with E-state index in [4.69, 9.17) is 4.74 Å². The van der Waals surface area contributed by atoms with Crippen LogP contribution in [0.15, 0.2) is 24.3 Å². The van der Waals surface area contributed by atoms with Gasteiger partial charge in [-0.25, -0.2) is 8.42 Å². The number of aryl methyl sites for hydroxylation is 1. The fraction of sp³-hybridized carbons (Fsp3) is 0.588. The Hall–Kier alpha value is -1.56. The molecule has 1 saturated carbocycles. The highest BCUT2D eigenvalue weighted by molar-refractivity contribution is 7.91. The summed E-state index contributed by atoms with van der Waals surface area (Å²) in [5, 5.41) is 0. The summed E-state index contributed by atoms with van der Waals surface area (Å²) >= 11 is 0. The summed E-state index contributed by atoms with van der Waals surface area (Å²) in [6.45, 7) is 0. The van der Waals surface area contributed by atoms with Crippen LogP contribution in [0.1, 0.15) is 31.2 Å². The lowest BCUT2D eigenvalue weighted by molar-refractivity contribution is -0.133. The Morgan fingerprint density at radius 3 is 2.65 bits per heavy atom. The van der Waals surface area contributed by atoms with Gasteiger partial charge in [0.2, 0.25) is 5.91 Å². The quantitative estimate of drug-likeness (QED) is 0.794. The number of carbonyl (C=O) groups is 1. The van der Waals surface area contributed by atoms with Crippen molar-refractivity contribution < 1.29 is 17.9 Å². The van der Waals surface area contributed by atoms with E-state index in [0.29, 0.717) is 19.3 Å². The number of nitrogens with zero attached hydrogens (tertiary/aromatic N) is 1. The number of amides is 1. The standard InChI is InChI=1S/C17H23NO4S/c1-22-16-4-2-3-13(11-16)5-8-17(19)18(14-6-7-14)15-9-10-23(20,21)12-15/h2-4,11,14-15H,5-10,12H2,1H3. The molecular formula is C17H23NO4S. The number of carbonyl (C=O) groups excluding carboxylic acids is 1. The molecule has 1 aromatic rings. The van der Waals surface area contributed by atoms with Crippen molar-refractivity contribution in [3.05, 3.63) is 29.8 Å². The lowest BCUT2D eigenvalue weighted by Gasteiger charge is -2.28. The molecule has 1 aliphatic carbocycles. The molecule has 1 aromatic carbocycles. The van der Waals surface area contributed by atoms with Gasteiger partial charge < -0.3 is 9.64 Å². The molecule has 0 radical (unpaired) electrons. The largest absolute Gasteiger partial charge is 0.497 e. The van der Waals surface area contributed by atoms with E-state index >= 15 is 0 Å². The Morgan fingerprint density at radius 1 is 1.26 bits per heavy atom. The molecule has 2 fully saturated rings. The van der Waals surface area contributed by atoms with Crippen LogP contribution in [0.25, 0.3) is 0 Å². The molecule has 2 aliphatic rings. The van der Waals surface area contributed by atoms with E-state index in [2.05, 4.69) is 0 Å². The van der Waals surface area contributed by atoms with Crippen molar-refractivity contribution in [3.8, 4) is 5.75 Å². The fourth-order valence-corrected chi connectivity index (χ4v) is 4.97. The van der Waals surface area contributed by atoms with Gasteiger partial charge in [-0.05, 0) is 43.4 Å². The van der Waals surface area contributed by atoms with Gasteiger partial charge in [0.15, 0.2) is 9.84 Å². The van der Waals surface area contributed by atoms with Crippen LogP contribution < -0.4 is 4.74 Å². The Bertz CT molecular complexity index is 682. The van der Waals surface area contributed by atoms with Gasteiger partial charge in [-0.3, -0.25) is 4.79 Å². The highest BCUT2D eigenvalue weighted by Crippen LogP contribution is 2.33. The Balaban J connectivity index is 1.63. The molecule has 0 spiro atoms. The summed E-state index contributed by atoms with van der Waals surface area (Å²) in [5.41, 5.74) is 1.06. The average Bonchev–Trinajstić information content (AvgIpc) is 3.29. The Labute approximate surface area is 137 Å².